The zero-order valence-electron chi connectivity index (χ0n) is 30.7. The summed E-state index contributed by atoms with van der Waals surface area (Å²) in [6.07, 6.45) is 4.88. The smallest absolute Gasteiger partial charge is 0.243 e. The Kier molecular flexibility index (Phi) is 14.1. The van der Waals surface area contributed by atoms with E-state index < -0.39 is 41.9 Å². The van der Waals surface area contributed by atoms with E-state index in [9.17, 15) is 29.1 Å². The van der Waals surface area contributed by atoms with Crippen molar-refractivity contribution in [2.45, 2.75) is 90.0 Å². The van der Waals surface area contributed by atoms with Crippen LogP contribution >= 0.6 is 0 Å². The molecule has 1 aliphatic heterocycles. The Morgan fingerprint density at radius 3 is 2.21 bits per heavy atom. The quantitative estimate of drug-likeness (QED) is 0.0964. The molecule has 2 heterocycles. The molecule has 282 valence electrons. The highest BCUT2D eigenvalue weighted by Crippen LogP contribution is 2.23. The average molecular weight is 726 g/mol. The summed E-state index contributed by atoms with van der Waals surface area (Å²) in [5.74, 6) is -1.44. The number of aromatic amines is 1. The van der Waals surface area contributed by atoms with Crippen LogP contribution in [0.15, 0.2) is 72.9 Å². The van der Waals surface area contributed by atoms with Gasteiger partial charge in [0.2, 0.25) is 30.0 Å². The molecule has 5 amide bonds. The Morgan fingerprint density at radius 1 is 0.906 bits per heavy atom. The molecule has 1 aliphatic rings. The number of phenols is 1. The zero-order valence-corrected chi connectivity index (χ0v) is 30.7. The first-order valence-corrected chi connectivity index (χ1v) is 17.8. The Morgan fingerprint density at radius 2 is 1.57 bits per heavy atom. The maximum atomic E-state index is 13.4. The number of nitrogens with one attached hydrogen (secondary N) is 4. The van der Waals surface area contributed by atoms with Crippen LogP contribution in [0.3, 0.4) is 0 Å². The van der Waals surface area contributed by atoms with E-state index in [1.54, 1.807) is 25.3 Å². The van der Waals surface area contributed by atoms with Crippen LogP contribution in [-0.4, -0.2) is 81.8 Å². The van der Waals surface area contributed by atoms with E-state index in [4.69, 9.17) is 11.5 Å². The van der Waals surface area contributed by atoms with Gasteiger partial charge in [-0.3, -0.25) is 24.0 Å². The maximum Gasteiger partial charge on any atom is 0.243 e. The van der Waals surface area contributed by atoms with Gasteiger partial charge in [-0.25, -0.2) is 0 Å². The molecule has 9 N–H and O–H groups in total. The fraction of sp³-hybridized carbons (Fsp3) is 0.375. The number of amides is 5. The summed E-state index contributed by atoms with van der Waals surface area (Å²) < 4.78 is 0. The summed E-state index contributed by atoms with van der Waals surface area (Å²) in [5.41, 5.74) is 16.9. The Hall–Kier alpha value is -5.69. The molecule has 1 aromatic heterocycles. The Labute approximate surface area is 309 Å². The number of likely N-dealkylation sites (tertiary alicyclic amines) is 1. The number of hydrogen-bond acceptors (Lipinski definition) is 7. The van der Waals surface area contributed by atoms with Gasteiger partial charge in [0.15, 0.2) is 0 Å². The van der Waals surface area contributed by atoms with Crippen LogP contribution < -0.4 is 27.4 Å². The number of para-hydroxylation sites is 1. The summed E-state index contributed by atoms with van der Waals surface area (Å²) in [7, 11) is 0. The molecule has 0 spiro atoms. The number of benzene rings is 3. The van der Waals surface area contributed by atoms with Crippen molar-refractivity contribution in [1.29, 1.82) is 0 Å². The van der Waals surface area contributed by atoms with Crippen LogP contribution in [0.1, 0.15) is 54.5 Å². The number of phenolic OH excluding ortho intramolecular Hbond substituents is 1. The van der Waals surface area contributed by atoms with Crippen molar-refractivity contribution in [3.05, 3.63) is 101 Å². The number of fused-ring (bicyclic) bond motifs is 1. The highest BCUT2D eigenvalue weighted by Gasteiger charge is 2.33. The van der Waals surface area contributed by atoms with E-state index in [2.05, 4.69) is 20.9 Å². The topological polar surface area (TPSA) is 213 Å². The van der Waals surface area contributed by atoms with Crippen molar-refractivity contribution in [3.8, 4) is 5.75 Å². The van der Waals surface area contributed by atoms with Gasteiger partial charge in [0.05, 0.1) is 6.04 Å². The minimum atomic E-state index is -0.964. The van der Waals surface area contributed by atoms with Crippen LogP contribution in [0.5, 0.6) is 5.75 Å². The van der Waals surface area contributed by atoms with E-state index >= 15 is 0 Å². The number of carbonyl (C=O) groups is 5. The number of carbonyl (C=O) groups excluding carboxylic acids is 5. The maximum absolute atomic E-state index is 13.4. The molecule has 0 saturated carbocycles. The second kappa shape index (κ2) is 18.7. The standard InChI is InChI=1S/C26H29N5O4.C14H22N2O2/c27-24(33)21(13-17-7-2-1-3-8-17)29-25(34)22(30-26(35)23-11-6-12-31(23)16-32)14-18-15-28-20-10-5-4-9-19(18)20;1-8-5-12(17)6-9(2)13(8)7-10(3)16-14(18)11(4)15/h1-5,7-10,15-16,21-23,28H,6,11-14H2,(H2,27,33)(H,29,34)(H,30,35);5-6,10-11,17H,7,15H2,1-4H3,(H,16,18). The second-order valence-electron chi connectivity index (χ2n) is 13.7. The second-order valence-corrected chi connectivity index (χ2v) is 13.7. The van der Waals surface area contributed by atoms with Gasteiger partial charge >= 0.3 is 0 Å². The minimum absolute atomic E-state index is 0.0189. The fourth-order valence-corrected chi connectivity index (χ4v) is 6.56. The van der Waals surface area contributed by atoms with Gasteiger partial charge in [0.25, 0.3) is 0 Å². The molecular weight excluding hydrogens is 674 g/mol. The Balaban J connectivity index is 0.000000294. The summed E-state index contributed by atoms with van der Waals surface area (Å²) in [5, 5.41) is 18.8. The molecule has 0 radical (unpaired) electrons. The SMILES string of the molecule is Cc1cc(O)cc(C)c1CC(C)NC(=O)C(C)N.NC(=O)C(Cc1ccccc1)NC(=O)C(Cc1c[nH]c2ccccc12)NC(=O)C1CCCN1C=O. The molecular formula is C40H51N7O6. The molecule has 3 aromatic carbocycles. The first-order chi connectivity index (χ1) is 25.3. The molecule has 13 nitrogen and oxygen atoms in total. The van der Waals surface area contributed by atoms with E-state index in [1.165, 1.54) is 4.90 Å². The number of aromatic hydroxyl groups is 1. The zero-order chi connectivity index (χ0) is 38.7. The fourth-order valence-electron chi connectivity index (χ4n) is 6.56. The predicted octanol–water partition coefficient (Wildman–Crippen LogP) is 2.43. The number of nitrogens with zero attached hydrogens (tertiary/aromatic N) is 1. The number of aryl methyl sites for hydroxylation is 2. The molecule has 5 rings (SSSR count). The molecule has 4 aromatic rings. The van der Waals surface area contributed by atoms with Crippen LogP contribution in [-0.2, 0) is 43.2 Å². The first-order valence-electron chi connectivity index (χ1n) is 17.8. The summed E-state index contributed by atoms with van der Waals surface area (Å²) in [4.78, 5) is 66.0. The lowest BCUT2D eigenvalue weighted by Gasteiger charge is -2.25. The van der Waals surface area contributed by atoms with Gasteiger partial charge in [0, 0.05) is 42.5 Å². The third kappa shape index (κ3) is 11.1. The summed E-state index contributed by atoms with van der Waals surface area (Å²) in [6.45, 7) is 8.04. The van der Waals surface area contributed by atoms with E-state index in [1.807, 2.05) is 75.4 Å². The van der Waals surface area contributed by atoms with Crippen molar-refractivity contribution in [2.24, 2.45) is 11.5 Å². The minimum Gasteiger partial charge on any atom is -0.508 e. The number of hydrogen-bond donors (Lipinski definition) is 7. The van der Waals surface area contributed by atoms with Gasteiger partial charge in [-0.15, -0.1) is 0 Å². The lowest BCUT2D eigenvalue weighted by atomic mass is 9.96. The lowest BCUT2D eigenvalue weighted by molar-refractivity contribution is -0.134. The first kappa shape index (κ1) is 40.1. The molecule has 1 saturated heterocycles. The molecule has 0 aliphatic carbocycles. The van der Waals surface area contributed by atoms with Gasteiger partial charge in [-0.05, 0) is 93.0 Å². The lowest BCUT2D eigenvalue weighted by Crippen LogP contribution is -2.56. The van der Waals surface area contributed by atoms with Crippen LogP contribution in [0.2, 0.25) is 0 Å². The third-order valence-corrected chi connectivity index (χ3v) is 9.40. The molecule has 5 atom stereocenters. The third-order valence-electron chi connectivity index (χ3n) is 9.40. The molecule has 0 bridgehead atoms. The van der Waals surface area contributed by atoms with Gasteiger partial charge in [-0.2, -0.15) is 0 Å². The number of nitrogens with two attached hydrogens (primary N) is 2. The predicted molar refractivity (Wildman–Crippen MR) is 204 cm³/mol. The number of H-pyrrole nitrogens is 1. The van der Waals surface area contributed by atoms with E-state index in [0.29, 0.717) is 19.4 Å². The summed E-state index contributed by atoms with van der Waals surface area (Å²) >= 11 is 0. The monoisotopic (exact) mass is 725 g/mol. The van der Waals surface area contributed by atoms with Gasteiger partial charge in [0.1, 0.15) is 23.9 Å². The van der Waals surface area contributed by atoms with Gasteiger partial charge in [-0.1, -0.05) is 48.5 Å². The van der Waals surface area contributed by atoms with Crippen LogP contribution in [0, 0.1) is 13.8 Å². The Bertz CT molecular complexity index is 1870. The van der Waals surface area contributed by atoms with Crippen LogP contribution in [0.4, 0.5) is 0 Å². The van der Waals surface area contributed by atoms with E-state index in [-0.39, 0.29) is 30.5 Å². The van der Waals surface area contributed by atoms with Crippen molar-refractivity contribution < 1.29 is 29.1 Å². The van der Waals surface area contributed by atoms with Crippen molar-refractivity contribution in [3.63, 3.8) is 0 Å². The number of primary amides is 1. The molecule has 1 fully saturated rings. The summed E-state index contributed by atoms with van der Waals surface area (Å²) in [6, 6.07) is 17.4. The highest BCUT2D eigenvalue weighted by atomic mass is 16.3. The average Bonchev–Trinajstić information content (AvgIpc) is 3.77. The van der Waals surface area contributed by atoms with Gasteiger partial charge < -0.3 is 42.4 Å². The molecule has 53 heavy (non-hydrogen) atoms. The highest BCUT2D eigenvalue weighted by molar-refractivity contribution is 5.94. The largest absolute Gasteiger partial charge is 0.508 e. The van der Waals surface area contributed by atoms with Crippen molar-refractivity contribution >= 4 is 40.9 Å². The van der Waals surface area contributed by atoms with E-state index in [0.717, 1.165) is 51.6 Å². The molecule has 5 unspecified atom stereocenters. The van der Waals surface area contributed by atoms with Crippen LogP contribution in [0.25, 0.3) is 10.9 Å². The molecule has 13 heteroatoms. The van der Waals surface area contributed by atoms with Crippen molar-refractivity contribution in [2.75, 3.05) is 6.54 Å². The number of aromatic nitrogens is 1. The van der Waals surface area contributed by atoms with Crippen molar-refractivity contribution in [1.82, 2.24) is 25.8 Å². The normalized spacial score (nSPS) is 16.0. The number of rotatable bonds is 14.